The van der Waals surface area contributed by atoms with Crippen LogP contribution in [0.1, 0.15) is 33.7 Å². The van der Waals surface area contributed by atoms with Crippen molar-refractivity contribution in [2.45, 2.75) is 18.2 Å². The van der Waals surface area contributed by atoms with Gasteiger partial charge >= 0.3 is 0 Å². The Balaban J connectivity index is 2.11. The van der Waals surface area contributed by atoms with Crippen LogP contribution in [0.4, 0.5) is 0 Å². The molecule has 1 aromatic heterocycles. The van der Waals surface area contributed by atoms with E-state index in [1.54, 1.807) is 11.3 Å². The molecular weight excluding hydrogens is 250 g/mol. The molecule has 0 aliphatic heterocycles. The van der Waals surface area contributed by atoms with E-state index in [1.807, 2.05) is 5.38 Å². The van der Waals surface area contributed by atoms with Crippen molar-refractivity contribution in [2.24, 2.45) is 11.8 Å². The number of nitrogens with zero attached hydrogens (tertiary/aromatic N) is 1. The fraction of sp³-hybridized carbons (Fsp3) is 0.556. The number of halogens is 1. The fourth-order valence-corrected chi connectivity index (χ4v) is 3.40. The summed E-state index contributed by atoms with van der Waals surface area (Å²) < 4.78 is 0. The molecule has 1 fully saturated rings. The lowest BCUT2D eigenvalue weighted by atomic mass is 10.2. The Bertz CT molecular complexity index is 325. The molecule has 4 heteroatoms. The van der Waals surface area contributed by atoms with Crippen molar-refractivity contribution in [3.63, 3.8) is 0 Å². The van der Waals surface area contributed by atoms with Crippen LogP contribution in [-0.2, 0) is 0 Å². The van der Waals surface area contributed by atoms with Gasteiger partial charge in [-0.15, -0.1) is 11.3 Å². The summed E-state index contributed by atoms with van der Waals surface area (Å²) in [6.07, 6.45) is 2.07. The third kappa shape index (κ3) is 1.83. The summed E-state index contributed by atoms with van der Waals surface area (Å²) in [5.74, 6) is 1.51. The monoisotopic (exact) mass is 259 g/mol. The van der Waals surface area contributed by atoms with E-state index in [0.717, 1.165) is 17.2 Å². The smallest absolute Gasteiger partial charge is 0.169 e. The molecule has 0 amide bonds. The molecule has 3 atom stereocenters. The molecule has 0 N–H and O–H groups in total. The molecule has 2 nitrogen and oxygen atoms in total. The van der Waals surface area contributed by atoms with Crippen LogP contribution in [0.5, 0.6) is 0 Å². The number of alkyl halides is 1. The van der Waals surface area contributed by atoms with Crippen molar-refractivity contribution in [3.8, 4) is 0 Å². The van der Waals surface area contributed by atoms with Crippen LogP contribution in [0, 0.1) is 11.8 Å². The molecule has 1 heterocycles. The van der Waals surface area contributed by atoms with E-state index in [-0.39, 0.29) is 0 Å². The van der Waals surface area contributed by atoms with Gasteiger partial charge in [0.2, 0.25) is 0 Å². The second-order valence-electron chi connectivity index (χ2n) is 3.51. The number of thiazole rings is 1. The second kappa shape index (κ2) is 3.50. The number of carbonyl (C=O) groups excluding carboxylic acids is 1. The van der Waals surface area contributed by atoms with Crippen molar-refractivity contribution < 1.29 is 4.79 Å². The van der Waals surface area contributed by atoms with E-state index in [0.29, 0.717) is 16.4 Å². The van der Waals surface area contributed by atoms with Gasteiger partial charge in [-0.05, 0) is 18.3 Å². The summed E-state index contributed by atoms with van der Waals surface area (Å²) in [7, 11) is 0. The minimum atomic E-state index is 0.348. The van der Waals surface area contributed by atoms with E-state index < -0.39 is 0 Å². The van der Waals surface area contributed by atoms with E-state index in [2.05, 4.69) is 27.8 Å². The average Bonchev–Trinajstić information content (AvgIpc) is 2.70. The molecular formula is C9H10BrNOS. The summed E-state index contributed by atoms with van der Waals surface area (Å²) in [5.41, 5.74) is 0.553. The normalized spacial score (nSPS) is 28.5. The maximum Gasteiger partial charge on any atom is 0.169 e. The van der Waals surface area contributed by atoms with Gasteiger partial charge in [0.1, 0.15) is 10.7 Å². The van der Waals surface area contributed by atoms with Crippen molar-refractivity contribution >= 4 is 33.6 Å². The van der Waals surface area contributed by atoms with Crippen LogP contribution < -0.4 is 0 Å². The quantitative estimate of drug-likeness (QED) is 0.617. The third-order valence-corrected chi connectivity index (χ3v) is 4.81. The van der Waals surface area contributed by atoms with Gasteiger partial charge in [-0.1, -0.05) is 22.9 Å². The first-order valence-electron chi connectivity index (χ1n) is 4.27. The molecule has 0 saturated heterocycles. The van der Waals surface area contributed by atoms with Crippen LogP contribution in [0.2, 0.25) is 0 Å². The van der Waals surface area contributed by atoms with Crippen molar-refractivity contribution in [2.75, 3.05) is 0 Å². The molecule has 3 unspecified atom stereocenters. The summed E-state index contributed by atoms with van der Waals surface area (Å²) in [6, 6.07) is 0. The Kier molecular flexibility index (Phi) is 2.51. The van der Waals surface area contributed by atoms with E-state index in [4.69, 9.17) is 0 Å². The maximum absolute atomic E-state index is 10.4. The van der Waals surface area contributed by atoms with Gasteiger partial charge in [0.05, 0.1) is 4.83 Å². The Morgan fingerprint density at radius 1 is 1.85 bits per heavy atom. The van der Waals surface area contributed by atoms with Gasteiger partial charge in [-0.25, -0.2) is 4.98 Å². The first-order valence-corrected chi connectivity index (χ1v) is 6.06. The first kappa shape index (κ1) is 9.34. The zero-order chi connectivity index (χ0) is 9.42. The lowest BCUT2D eigenvalue weighted by Crippen LogP contribution is -1.93. The first-order chi connectivity index (χ1) is 6.22. The van der Waals surface area contributed by atoms with Crippen molar-refractivity contribution in [1.29, 1.82) is 0 Å². The summed E-state index contributed by atoms with van der Waals surface area (Å²) in [6.45, 7) is 2.24. The highest BCUT2D eigenvalue weighted by Gasteiger charge is 2.40. The van der Waals surface area contributed by atoms with E-state index >= 15 is 0 Å². The standard InChI is InChI=1S/C9H10BrNOS/c1-5-2-7(5)8(10)9-11-6(3-12)4-13-9/h3-5,7-8H,2H2,1H3. The van der Waals surface area contributed by atoms with Crippen LogP contribution in [0.25, 0.3) is 0 Å². The second-order valence-corrected chi connectivity index (χ2v) is 5.38. The van der Waals surface area contributed by atoms with Crippen LogP contribution in [0.3, 0.4) is 0 Å². The molecule has 1 aliphatic carbocycles. The fourth-order valence-electron chi connectivity index (χ4n) is 1.42. The number of rotatable bonds is 3. The molecule has 13 heavy (non-hydrogen) atoms. The number of aromatic nitrogens is 1. The minimum Gasteiger partial charge on any atom is -0.296 e. The largest absolute Gasteiger partial charge is 0.296 e. The lowest BCUT2D eigenvalue weighted by molar-refractivity contribution is 0.111. The number of aldehydes is 1. The van der Waals surface area contributed by atoms with Gasteiger partial charge in [0, 0.05) is 5.38 Å². The highest BCUT2D eigenvalue weighted by molar-refractivity contribution is 9.09. The van der Waals surface area contributed by atoms with Gasteiger partial charge in [0.15, 0.2) is 6.29 Å². The van der Waals surface area contributed by atoms with Crippen LogP contribution in [-0.4, -0.2) is 11.3 Å². The van der Waals surface area contributed by atoms with Crippen LogP contribution >= 0.6 is 27.3 Å². The molecule has 0 radical (unpaired) electrons. The molecule has 1 saturated carbocycles. The van der Waals surface area contributed by atoms with Gasteiger partial charge in [-0.2, -0.15) is 0 Å². The molecule has 70 valence electrons. The zero-order valence-corrected chi connectivity index (χ0v) is 9.64. The molecule has 1 aliphatic rings. The Morgan fingerprint density at radius 2 is 2.54 bits per heavy atom. The molecule has 0 aromatic carbocycles. The Hall–Kier alpha value is -0.220. The zero-order valence-electron chi connectivity index (χ0n) is 7.24. The predicted molar refractivity (Wildman–Crippen MR) is 56.4 cm³/mol. The van der Waals surface area contributed by atoms with E-state index in [1.165, 1.54) is 6.42 Å². The molecule has 1 aromatic rings. The summed E-state index contributed by atoms with van der Waals surface area (Å²) in [5, 5.41) is 2.85. The van der Waals surface area contributed by atoms with Gasteiger partial charge in [0.25, 0.3) is 0 Å². The van der Waals surface area contributed by atoms with E-state index in [9.17, 15) is 4.79 Å². The highest BCUT2D eigenvalue weighted by atomic mass is 79.9. The SMILES string of the molecule is CC1CC1C(Br)c1nc(C=O)cs1. The van der Waals surface area contributed by atoms with Gasteiger partial charge in [-0.3, -0.25) is 4.79 Å². The number of hydrogen-bond acceptors (Lipinski definition) is 3. The van der Waals surface area contributed by atoms with Crippen molar-refractivity contribution in [1.82, 2.24) is 4.98 Å². The van der Waals surface area contributed by atoms with Crippen LogP contribution in [0.15, 0.2) is 5.38 Å². The average molecular weight is 260 g/mol. The molecule has 0 spiro atoms. The Labute approximate surface area is 89.5 Å². The maximum atomic E-state index is 10.4. The molecule has 2 rings (SSSR count). The summed E-state index contributed by atoms with van der Waals surface area (Å²) in [4.78, 5) is 15.0. The molecule has 0 bridgehead atoms. The van der Waals surface area contributed by atoms with Crippen molar-refractivity contribution in [3.05, 3.63) is 16.1 Å². The van der Waals surface area contributed by atoms with Gasteiger partial charge < -0.3 is 0 Å². The predicted octanol–water partition coefficient (Wildman–Crippen LogP) is 3.05. The Morgan fingerprint density at radius 3 is 3.00 bits per heavy atom. The number of carbonyl (C=O) groups is 1. The third-order valence-electron chi connectivity index (χ3n) is 2.44. The highest BCUT2D eigenvalue weighted by Crippen LogP contribution is 2.51. The topological polar surface area (TPSA) is 30.0 Å². The lowest BCUT2D eigenvalue weighted by Gasteiger charge is -2.02. The summed E-state index contributed by atoms with van der Waals surface area (Å²) >= 11 is 5.19. The number of hydrogen-bond donors (Lipinski definition) is 0. The minimum absolute atomic E-state index is 0.348.